The first-order valence-electron chi connectivity index (χ1n) is 24.4. The van der Waals surface area contributed by atoms with Gasteiger partial charge in [-0.2, -0.15) is 0 Å². The zero-order valence-electron chi connectivity index (χ0n) is 37.4. The lowest BCUT2D eigenvalue weighted by Gasteiger charge is -2.18. The highest BCUT2D eigenvalue weighted by Gasteiger charge is 2.19. The van der Waals surface area contributed by atoms with Crippen molar-refractivity contribution in [3.8, 4) is 0 Å². The lowest BCUT2D eigenvalue weighted by Crippen LogP contribution is -2.30. The summed E-state index contributed by atoms with van der Waals surface area (Å²) in [7, 11) is 0. The van der Waals surface area contributed by atoms with Crippen LogP contribution in [0.3, 0.4) is 0 Å². The fraction of sp³-hybridized carbons (Fsp3) is 0.939. The maximum atomic E-state index is 12.7. The van der Waals surface area contributed by atoms with Crippen LogP contribution in [0.4, 0.5) is 0 Å². The summed E-state index contributed by atoms with van der Waals surface area (Å²) in [5.74, 6) is -0.0423. The van der Waals surface area contributed by atoms with Crippen molar-refractivity contribution in [3.05, 3.63) is 0 Å². The van der Waals surface area contributed by atoms with Crippen molar-refractivity contribution in [2.24, 2.45) is 5.92 Å². The highest BCUT2D eigenvalue weighted by atomic mass is 16.6. The third-order valence-corrected chi connectivity index (χ3v) is 11.4. The van der Waals surface area contributed by atoms with E-state index in [1.165, 1.54) is 167 Å². The highest BCUT2D eigenvalue weighted by molar-refractivity contribution is 5.71. The molecule has 0 saturated heterocycles. The number of ether oxygens (including phenoxy) is 3. The Morgan fingerprint density at radius 1 is 0.364 bits per heavy atom. The third kappa shape index (κ3) is 41.9. The number of hydrogen-bond donors (Lipinski definition) is 0. The van der Waals surface area contributed by atoms with Gasteiger partial charge in [0, 0.05) is 19.3 Å². The molecule has 1 unspecified atom stereocenters. The molecule has 0 aliphatic heterocycles. The quantitative estimate of drug-likeness (QED) is 0.0348. The molecule has 0 aromatic heterocycles. The van der Waals surface area contributed by atoms with Crippen molar-refractivity contribution in [1.29, 1.82) is 0 Å². The summed E-state index contributed by atoms with van der Waals surface area (Å²) >= 11 is 0. The van der Waals surface area contributed by atoms with Crippen molar-refractivity contribution in [3.63, 3.8) is 0 Å². The van der Waals surface area contributed by atoms with Crippen LogP contribution in [-0.2, 0) is 28.6 Å². The van der Waals surface area contributed by atoms with Gasteiger partial charge in [0.1, 0.15) is 13.2 Å². The summed E-state index contributed by atoms with van der Waals surface area (Å²) in [6.07, 6.45) is 43.7. The van der Waals surface area contributed by atoms with Gasteiger partial charge < -0.3 is 14.2 Å². The monoisotopic (exact) mass is 779 g/mol. The molecule has 0 bridgehead atoms. The van der Waals surface area contributed by atoms with Crippen LogP contribution in [-0.4, -0.2) is 37.2 Å². The minimum atomic E-state index is -0.760. The number of unbranched alkanes of at least 4 members (excludes halogenated alkanes) is 30. The molecule has 0 N–H and O–H groups in total. The first-order chi connectivity index (χ1) is 26.9. The van der Waals surface area contributed by atoms with Gasteiger partial charge in [0.2, 0.25) is 0 Å². The van der Waals surface area contributed by atoms with E-state index in [9.17, 15) is 14.4 Å². The first-order valence-corrected chi connectivity index (χ1v) is 24.4. The lowest BCUT2D eigenvalue weighted by molar-refractivity contribution is -0.167. The minimum absolute atomic E-state index is 0.0641. The molecule has 0 fully saturated rings. The standard InChI is InChI=1S/C49H94O6/c1-5-8-10-12-14-16-18-20-21-22-24-26-28-33-37-41-48(51)54-44-46(55-49(52)42-38-34-30-29-31-35-39-45(4)7-3)43-53-47(50)40-36-32-27-25-23-19-17-15-13-11-9-6-2/h45-46H,5-44H2,1-4H3/t45?,46-/m1/s1. The van der Waals surface area contributed by atoms with Crippen LogP contribution < -0.4 is 0 Å². The van der Waals surface area contributed by atoms with Crippen molar-refractivity contribution >= 4 is 17.9 Å². The van der Waals surface area contributed by atoms with Gasteiger partial charge >= 0.3 is 17.9 Å². The van der Waals surface area contributed by atoms with Crippen molar-refractivity contribution in [2.45, 2.75) is 278 Å². The SMILES string of the molecule is CCCCCCCCCCCCCCCCCC(=O)OC[C@@H](COC(=O)CCCCCCCCCCCCCC)OC(=O)CCCCCCCCC(C)CC. The van der Waals surface area contributed by atoms with Gasteiger partial charge in [-0.3, -0.25) is 14.4 Å². The predicted molar refractivity (Wildman–Crippen MR) is 233 cm³/mol. The molecule has 0 aromatic rings. The average molecular weight is 779 g/mol. The van der Waals surface area contributed by atoms with Crippen LogP contribution in [0.15, 0.2) is 0 Å². The van der Waals surface area contributed by atoms with E-state index >= 15 is 0 Å². The van der Waals surface area contributed by atoms with E-state index in [2.05, 4.69) is 27.7 Å². The molecule has 0 rings (SSSR count). The zero-order chi connectivity index (χ0) is 40.3. The number of carbonyl (C=O) groups excluding carboxylic acids is 3. The van der Waals surface area contributed by atoms with Gasteiger partial charge in [-0.05, 0) is 25.2 Å². The van der Waals surface area contributed by atoms with Gasteiger partial charge in [-0.25, -0.2) is 0 Å². The second-order valence-electron chi connectivity index (χ2n) is 17.0. The summed E-state index contributed by atoms with van der Waals surface area (Å²) in [5, 5.41) is 0. The van der Waals surface area contributed by atoms with Crippen LogP contribution in [0, 0.1) is 5.92 Å². The molecule has 2 atom stereocenters. The van der Waals surface area contributed by atoms with E-state index in [4.69, 9.17) is 14.2 Å². The molecule has 0 heterocycles. The number of carbonyl (C=O) groups is 3. The predicted octanol–water partition coefficient (Wildman–Crippen LogP) is 15.5. The van der Waals surface area contributed by atoms with Gasteiger partial charge in [0.05, 0.1) is 0 Å². The fourth-order valence-electron chi connectivity index (χ4n) is 7.30. The van der Waals surface area contributed by atoms with E-state index < -0.39 is 6.10 Å². The molecular weight excluding hydrogens is 685 g/mol. The molecule has 0 radical (unpaired) electrons. The molecule has 55 heavy (non-hydrogen) atoms. The number of hydrogen-bond acceptors (Lipinski definition) is 6. The van der Waals surface area contributed by atoms with Crippen molar-refractivity contribution in [2.75, 3.05) is 13.2 Å². The topological polar surface area (TPSA) is 78.9 Å². The zero-order valence-corrected chi connectivity index (χ0v) is 37.4. The van der Waals surface area contributed by atoms with Crippen LogP contribution in [0.1, 0.15) is 272 Å². The van der Waals surface area contributed by atoms with Crippen LogP contribution >= 0.6 is 0 Å². The second-order valence-corrected chi connectivity index (χ2v) is 17.0. The summed E-state index contributed by atoms with van der Waals surface area (Å²) in [5.41, 5.74) is 0. The van der Waals surface area contributed by atoms with E-state index in [1.54, 1.807) is 0 Å². The third-order valence-electron chi connectivity index (χ3n) is 11.4. The average Bonchev–Trinajstić information content (AvgIpc) is 3.18. The molecular formula is C49H94O6. The lowest BCUT2D eigenvalue weighted by atomic mass is 10.00. The Kier molecular flexibility index (Phi) is 42.3. The Hall–Kier alpha value is -1.59. The molecule has 326 valence electrons. The molecule has 6 heteroatoms. The summed E-state index contributed by atoms with van der Waals surface area (Å²) in [6, 6.07) is 0. The van der Waals surface area contributed by atoms with Crippen molar-refractivity contribution < 1.29 is 28.6 Å². The van der Waals surface area contributed by atoms with Crippen LogP contribution in [0.5, 0.6) is 0 Å². The second kappa shape index (κ2) is 43.5. The molecule has 6 nitrogen and oxygen atoms in total. The molecule has 0 aliphatic rings. The van der Waals surface area contributed by atoms with E-state index in [0.717, 1.165) is 63.7 Å². The van der Waals surface area contributed by atoms with E-state index in [0.29, 0.717) is 19.3 Å². The van der Waals surface area contributed by atoms with Gasteiger partial charge in [-0.15, -0.1) is 0 Å². The largest absolute Gasteiger partial charge is 0.462 e. The molecule has 0 aromatic carbocycles. The van der Waals surface area contributed by atoms with Crippen molar-refractivity contribution in [1.82, 2.24) is 0 Å². The summed E-state index contributed by atoms with van der Waals surface area (Å²) in [4.78, 5) is 37.8. The van der Waals surface area contributed by atoms with E-state index in [-0.39, 0.29) is 31.1 Å². The molecule has 0 aliphatic carbocycles. The maximum absolute atomic E-state index is 12.7. The number of rotatable bonds is 44. The fourth-order valence-corrected chi connectivity index (χ4v) is 7.30. The Bertz CT molecular complexity index is 828. The highest BCUT2D eigenvalue weighted by Crippen LogP contribution is 2.17. The number of esters is 3. The Morgan fingerprint density at radius 3 is 0.945 bits per heavy atom. The molecule has 0 spiro atoms. The van der Waals surface area contributed by atoms with Crippen LogP contribution in [0.25, 0.3) is 0 Å². The normalized spacial score (nSPS) is 12.4. The molecule has 0 amide bonds. The summed E-state index contributed by atoms with van der Waals surface area (Å²) in [6.45, 7) is 8.98. The van der Waals surface area contributed by atoms with Gasteiger partial charge in [-0.1, -0.05) is 233 Å². The van der Waals surface area contributed by atoms with E-state index in [1.807, 2.05) is 0 Å². The van der Waals surface area contributed by atoms with Gasteiger partial charge in [0.15, 0.2) is 6.10 Å². The summed E-state index contributed by atoms with van der Waals surface area (Å²) < 4.78 is 16.7. The van der Waals surface area contributed by atoms with Crippen LogP contribution in [0.2, 0.25) is 0 Å². The Labute approximate surface area is 342 Å². The smallest absolute Gasteiger partial charge is 0.306 e. The minimum Gasteiger partial charge on any atom is -0.462 e. The molecule has 0 saturated carbocycles. The maximum Gasteiger partial charge on any atom is 0.306 e. The Morgan fingerprint density at radius 2 is 0.636 bits per heavy atom. The Balaban J connectivity index is 4.29. The first kappa shape index (κ1) is 53.4. The van der Waals surface area contributed by atoms with Gasteiger partial charge in [0.25, 0.3) is 0 Å².